The first-order valence-electron chi connectivity index (χ1n) is 7.17. The van der Waals surface area contributed by atoms with E-state index in [2.05, 4.69) is 6.92 Å². The summed E-state index contributed by atoms with van der Waals surface area (Å²) in [5.74, 6) is -1.25. The summed E-state index contributed by atoms with van der Waals surface area (Å²) in [6, 6.07) is 6.83. The molecule has 1 aromatic rings. The fourth-order valence-corrected chi connectivity index (χ4v) is 3.68. The van der Waals surface area contributed by atoms with E-state index in [1.165, 1.54) is 6.07 Å². The molecule has 1 N–H and O–H groups in total. The van der Waals surface area contributed by atoms with Crippen LogP contribution in [0.1, 0.15) is 44.6 Å². The smallest absolute Gasteiger partial charge is 0.169 e. The second kappa shape index (κ2) is 4.57. The lowest BCUT2D eigenvalue weighted by Gasteiger charge is -2.29. The Bertz CT molecular complexity index is 476. The monoisotopic (exact) mass is 264 g/mol. The molecule has 3 atom stereocenters. The molecule has 2 saturated heterocycles. The van der Waals surface area contributed by atoms with Crippen molar-refractivity contribution in [1.82, 2.24) is 0 Å². The van der Waals surface area contributed by atoms with Crippen LogP contribution in [0.25, 0.3) is 0 Å². The van der Waals surface area contributed by atoms with E-state index in [1.54, 1.807) is 12.1 Å². The number of hydrogen-bond donors (Lipinski definition) is 1. The van der Waals surface area contributed by atoms with Gasteiger partial charge in [0.05, 0.1) is 5.60 Å². The fraction of sp³-hybridized carbons (Fsp3) is 0.625. The van der Waals surface area contributed by atoms with Gasteiger partial charge in [-0.1, -0.05) is 24.6 Å². The summed E-state index contributed by atoms with van der Waals surface area (Å²) in [6.07, 6.45) is 5.12. The summed E-state index contributed by atoms with van der Waals surface area (Å²) >= 11 is 0. The lowest BCUT2D eigenvalue weighted by atomic mass is 9.80. The van der Waals surface area contributed by atoms with E-state index in [0.717, 1.165) is 25.7 Å². The topological polar surface area (TPSA) is 29.5 Å². The fourth-order valence-electron chi connectivity index (χ4n) is 3.68. The predicted molar refractivity (Wildman–Crippen MR) is 71.1 cm³/mol. The van der Waals surface area contributed by atoms with Crippen molar-refractivity contribution < 1.29 is 14.2 Å². The van der Waals surface area contributed by atoms with Crippen molar-refractivity contribution in [1.29, 1.82) is 0 Å². The SMILES string of the molecule is C[C@]12CCCC[C@](O)(O1)[C@@H](Cc1ccccc1F)C2. The average molecular weight is 264 g/mol. The molecule has 0 spiro atoms. The number of benzene rings is 1. The third-order valence-electron chi connectivity index (χ3n) is 4.65. The molecule has 2 nitrogen and oxygen atoms in total. The minimum atomic E-state index is -1.06. The van der Waals surface area contributed by atoms with Gasteiger partial charge in [0.1, 0.15) is 5.82 Å². The first-order chi connectivity index (χ1) is 9.01. The lowest BCUT2D eigenvalue weighted by Crippen LogP contribution is -2.36. The van der Waals surface area contributed by atoms with Crippen molar-refractivity contribution >= 4 is 0 Å². The summed E-state index contributed by atoms with van der Waals surface area (Å²) < 4.78 is 19.7. The second-order valence-corrected chi connectivity index (χ2v) is 6.30. The maximum absolute atomic E-state index is 13.8. The van der Waals surface area contributed by atoms with Crippen molar-refractivity contribution in [3.05, 3.63) is 35.6 Å². The van der Waals surface area contributed by atoms with Gasteiger partial charge in [-0.3, -0.25) is 0 Å². The highest BCUT2D eigenvalue weighted by Gasteiger charge is 2.53. The summed E-state index contributed by atoms with van der Waals surface area (Å²) in [5, 5.41) is 10.7. The zero-order chi connectivity index (χ0) is 13.5. The predicted octanol–water partition coefficient (Wildman–Crippen LogP) is 3.43. The molecule has 2 aliphatic rings. The van der Waals surface area contributed by atoms with Crippen LogP contribution in [-0.4, -0.2) is 16.5 Å². The third-order valence-corrected chi connectivity index (χ3v) is 4.65. The zero-order valence-electron chi connectivity index (χ0n) is 11.4. The van der Waals surface area contributed by atoms with E-state index in [4.69, 9.17) is 4.74 Å². The zero-order valence-corrected chi connectivity index (χ0v) is 11.4. The standard InChI is InChI=1S/C16H21FO2/c1-15-8-4-5-9-16(18,19-15)13(11-15)10-12-6-2-3-7-14(12)17/h2-3,6-7,13,18H,4-5,8-11H2,1H3/t13-,15+,16-/m0/s1. The largest absolute Gasteiger partial charge is 0.365 e. The molecule has 3 rings (SSSR count). The number of ether oxygens (including phenoxy) is 1. The summed E-state index contributed by atoms with van der Waals surface area (Å²) in [7, 11) is 0. The van der Waals surface area contributed by atoms with Crippen molar-refractivity contribution in [2.24, 2.45) is 5.92 Å². The van der Waals surface area contributed by atoms with Crippen LogP contribution < -0.4 is 0 Å². The Morgan fingerprint density at radius 1 is 1.32 bits per heavy atom. The first kappa shape index (κ1) is 13.1. The molecule has 0 saturated carbocycles. The van der Waals surface area contributed by atoms with Crippen LogP contribution in [0.4, 0.5) is 4.39 Å². The number of halogens is 1. The van der Waals surface area contributed by atoms with Crippen molar-refractivity contribution in [3.63, 3.8) is 0 Å². The minimum absolute atomic E-state index is 0.00491. The average Bonchev–Trinajstić information content (AvgIpc) is 2.50. The maximum atomic E-state index is 13.8. The van der Waals surface area contributed by atoms with Gasteiger partial charge in [-0.05, 0) is 44.2 Å². The van der Waals surface area contributed by atoms with E-state index < -0.39 is 5.79 Å². The number of aliphatic hydroxyl groups is 1. The van der Waals surface area contributed by atoms with E-state index in [1.807, 2.05) is 6.07 Å². The molecular weight excluding hydrogens is 243 g/mol. The van der Waals surface area contributed by atoms with Gasteiger partial charge < -0.3 is 9.84 Å². The molecule has 3 heteroatoms. The van der Waals surface area contributed by atoms with E-state index >= 15 is 0 Å². The van der Waals surface area contributed by atoms with Gasteiger partial charge in [0.15, 0.2) is 5.79 Å². The normalized spacial score (nSPS) is 38.2. The first-order valence-corrected chi connectivity index (χ1v) is 7.17. The van der Waals surface area contributed by atoms with Crippen molar-refractivity contribution in [3.8, 4) is 0 Å². The number of fused-ring (bicyclic) bond motifs is 2. The van der Waals surface area contributed by atoms with Crippen LogP contribution in [0.5, 0.6) is 0 Å². The molecular formula is C16H21FO2. The van der Waals surface area contributed by atoms with Crippen LogP contribution in [-0.2, 0) is 11.2 Å². The van der Waals surface area contributed by atoms with Crippen molar-refractivity contribution in [2.75, 3.05) is 0 Å². The molecule has 19 heavy (non-hydrogen) atoms. The summed E-state index contributed by atoms with van der Waals surface area (Å²) in [5.41, 5.74) is 0.445. The second-order valence-electron chi connectivity index (χ2n) is 6.30. The highest BCUT2D eigenvalue weighted by molar-refractivity contribution is 5.19. The highest BCUT2D eigenvalue weighted by atomic mass is 19.1. The van der Waals surface area contributed by atoms with Crippen LogP contribution in [0, 0.1) is 11.7 Å². The molecule has 2 fully saturated rings. The van der Waals surface area contributed by atoms with Gasteiger partial charge in [0.25, 0.3) is 0 Å². The molecule has 0 unspecified atom stereocenters. The van der Waals surface area contributed by atoms with E-state index in [0.29, 0.717) is 18.4 Å². The quantitative estimate of drug-likeness (QED) is 0.886. The highest BCUT2D eigenvalue weighted by Crippen LogP contribution is 2.49. The Hall–Kier alpha value is -0.930. The molecule has 2 bridgehead atoms. The molecule has 2 heterocycles. The lowest BCUT2D eigenvalue weighted by molar-refractivity contribution is -0.232. The Morgan fingerprint density at radius 3 is 2.84 bits per heavy atom. The van der Waals surface area contributed by atoms with Crippen molar-refractivity contribution in [2.45, 2.75) is 56.8 Å². The van der Waals surface area contributed by atoms with E-state index in [9.17, 15) is 9.50 Å². The Morgan fingerprint density at radius 2 is 2.05 bits per heavy atom. The Kier molecular flexibility index (Phi) is 3.14. The maximum Gasteiger partial charge on any atom is 0.169 e. The molecule has 0 amide bonds. The van der Waals surface area contributed by atoms with Gasteiger partial charge in [-0.15, -0.1) is 0 Å². The van der Waals surface area contributed by atoms with Crippen LogP contribution in [0.3, 0.4) is 0 Å². The molecule has 1 aromatic carbocycles. The third kappa shape index (κ3) is 2.41. The molecule has 0 aliphatic carbocycles. The van der Waals surface area contributed by atoms with Crippen LogP contribution in [0.15, 0.2) is 24.3 Å². The van der Waals surface area contributed by atoms with Gasteiger partial charge in [0, 0.05) is 12.3 Å². The number of rotatable bonds is 2. The van der Waals surface area contributed by atoms with Crippen LogP contribution >= 0.6 is 0 Å². The number of hydrogen-bond acceptors (Lipinski definition) is 2. The molecule has 0 aromatic heterocycles. The summed E-state index contributed by atoms with van der Waals surface area (Å²) in [6.45, 7) is 2.07. The Labute approximate surface area is 113 Å². The summed E-state index contributed by atoms with van der Waals surface area (Å²) in [4.78, 5) is 0. The molecule has 0 radical (unpaired) electrons. The van der Waals surface area contributed by atoms with Gasteiger partial charge in [-0.25, -0.2) is 4.39 Å². The van der Waals surface area contributed by atoms with Gasteiger partial charge in [-0.2, -0.15) is 0 Å². The molecule has 2 aliphatic heterocycles. The van der Waals surface area contributed by atoms with Gasteiger partial charge >= 0.3 is 0 Å². The van der Waals surface area contributed by atoms with Gasteiger partial charge in [0.2, 0.25) is 0 Å². The van der Waals surface area contributed by atoms with E-state index in [-0.39, 0.29) is 17.3 Å². The Balaban J connectivity index is 1.84. The van der Waals surface area contributed by atoms with Crippen LogP contribution in [0.2, 0.25) is 0 Å². The minimum Gasteiger partial charge on any atom is -0.365 e. The molecule has 104 valence electrons.